The summed E-state index contributed by atoms with van der Waals surface area (Å²) >= 11 is 3.47. The molecule has 1 heterocycles. The summed E-state index contributed by atoms with van der Waals surface area (Å²) in [6.45, 7) is 0. The first kappa shape index (κ1) is 14.5. The molecule has 0 saturated heterocycles. The number of aromatic nitrogens is 2. The number of hydrogen-bond donors (Lipinski definition) is 0. The van der Waals surface area contributed by atoms with E-state index in [2.05, 4.69) is 28.1 Å². The van der Waals surface area contributed by atoms with Gasteiger partial charge in [0.1, 0.15) is 5.69 Å². The summed E-state index contributed by atoms with van der Waals surface area (Å²) in [7, 11) is 0. The number of halogens is 1. The predicted octanol–water partition coefficient (Wildman–Crippen LogP) is 5.54. The van der Waals surface area contributed by atoms with E-state index < -0.39 is 0 Å². The second-order valence-electron chi connectivity index (χ2n) is 5.89. The molecule has 0 spiro atoms. The Balaban J connectivity index is 1.80. The molecule has 0 saturated carbocycles. The minimum absolute atomic E-state index is 0.850. The van der Waals surface area contributed by atoms with Crippen molar-refractivity contribution in [1.82, 2.24) is 9.97 Å². The van der Waals surface area contributed by atoms with Gasteiger partial charge in [-0.25, -0.2) is 15.0 Å². The van der Waals surface area contributed by atoms with E-state index in [1.165, 1.54) is 0 Å². The maximum atomic E-state index is 4.88. The van der Waals surface area contributed by atoms with E-state index in [0.717, 1.165) is 49.4 Å². The molecule has 0 atom stereocenters. The summed E-state index contributed by atoms with van der Waals surface area (Å²) in [4.78, 5) is 14.6. The summed E-state index contributed by atoms with van der Waals surface area (Å²) in [5.74, 6) is 0. The number of rotatable bonds is 1. The summed E-state index contributed by atoms with van der Waals surface area (Å²) in [6.07, 6.45) is 0. The van der Waals surface area contributed by atoms with Crippen molar-refractivity contribution >= 4 is 38.4 Å². The van der Waals surface area contributed by atoms with Crippen molar-refractivity contribution in [3.63, 3.8) is 0 Å². The lowest BCUT2D eigenvalue weighted by atomic mass is 10.1. The molecule has 0 radical (unpaired) electrons. The van der Waals surface area contributed by atoms with E-state index in [4.69, 9.17) is 15.0 Å². The lowest BCUT2D eigenvalue weighted by molar-refractivity contribution is 1.28. The van der Waals surface area contributed by atoms with Crippen LogP contribution in [0.15, 0.2) is 82.3 Å². The number of nitrogens with zero attached hydrogens (tertiary/aromatic N) is 3. The van der Waals surface area contributed by atoms with Crippen LogP contribution in [0.25, 0.3) is 22.3 Å². The third kappa shape index (κ3) is 2.37. The van der Waals surface area contributed by atoms with Gasteiger partial charge in [-0.3, -0.25) is 0 Å². The molecular weight excluding hydrogens is 374 g/mol. The molecule has 3 nitrogen and oxygen atoms in total. The number of para-hydroxylation sites is 2. The molecule has 1 aliphatic rings. The first-order valence-corrected chi connectivity index (χ1v) is 8.80. The Bertz CT molecular complexity index is 1150. The van der Waals surface area contributed by atoms with E-state index in [1.807, 2.05) is 60.7 Å². The van der Waals surface area contributed by atoms with E-state index >= 15 is 0 Å². The molecule has 1 aromatic heterocycles. The standard InChI is InChI=1S/C21H12BrN3/c22-13-9-11-14(12-10-13)23-19-15-5-1-2-6-16(15)20-21(19)25-18-8-4-3-7-17(18)24-20/h1-12H. The fraction of sp³-hybridized carbons (Fsp3) is 0. The first-order valence-electron chi connectivity index (χ1n) is 8.01. The Morgan fingerprint density at radius 3 is 1.96 bits per heavy atom. The van der Waals surface area contributed by atoms with Crippen LogP contribution >= 0.6 is 15.9 Å². The van der Waals surface area contributed by atoms with Crippen molar-refractivity contribution in [3.8, 4) is 11.3 Å². The van der Waals surface area contributed by atoms with E-state index in [9.17, 15) is 0 Å². The fourth-order valence-corrected chi connectivity index (χ4v) is 3.40. The minimum Gasteiger partial charge on any atom is -0.246 e. The van der Waals surface area contributed by atoms with Gasteiger partial charge >= 0.3 is 0 Å². The third-order valence-corrected chi connectivity index (χ3v) is 4.83. The molecule has 0 bridgehead atoms. The molecule has 0 unspecified atom stereocenters. The molecule has 1 aliphatic carbocycles. The highest BCUT2D eigenvalue weighted by molar-refractivity contribution is 9.10. The Labute approximate surface area is 153 Å². The summed E-state index contributed by atoms with van der Waals surface area (Å²) in [5.41, 5.74) is 7.50. The third-order valence-electron chi connectivity index (χ3n) is 4.30. The van der Waals surface area contributed by atoms with Gasteiger partial charge in [0.05, 0.1) is 28.1 Å². The quantitative estimate of drug-likeness (QED) is 0.379. The Morgan fingerprint density at radius 2 is 1.24 bits per heavy atom. The molecule has 0 amide bonds. The molecule has 3 aromatic carbocycles. The van der Waals surface area contributed by atoms with Crippen LogP contribution in [0, 0.1) is 0 Å². The average Bonchev–Trinajstić information content (AvgIpc) is 2.95. The monoisotopic (exact) mass is 385 g/mol. The second-order valence-corrected chi connectivity index (χ2v) is 6.81. The summed E-state index contributed by atoms with van der Waals surface area (Å²) < 4.78 is 1.04. The lowest BCUT2D eigenvalue weighted by Gasteiger charge is -2.03. The van der Waals surface area contributed by atoms with Crippen LogP contribution in [0.5, 0.6) is 0 Å². The predicted molar refractivity (Wildman–Crippen MR) is 104 cm³/mol. The minimum atomic E-state index is 0.850. The molecule has 5 rings (SSSR count). The number of aliphatic imine (C=N–C) groups is 1. The zero-order valence-electron chi connectivity index (χ0n) is 13.1. The normalized spacial score (nSPS) is 13.9. The molecule has 4 heteroatoms. The Morgan fingerprint density at radius 1 is 0.640 bits per heavy atom. The van der Waals surface area contributed by atoms with Crippen LogP contribution in [-0.4, -0.2) is 15.7 Å². The van der Waals surface area contributed by atoms with E-state index in [-0.39, 0.29) is 0 Å². The number of benzene rings is 3. The van der Waals surface area contributed by atoms with Crippen LogP contribution in [0.3, 0.4) is 0 Å². The van der Waals surface area contributed by atoms with E-state index in [1.54, 1.807) is 0 Å². The van der Waals surface area contributed by atoms with Crippen molar-refractivity contribution in [2.45, 2.75) is 0 Å². The highest BCUT2D eigenvalue weighted by atomic mass is 79.9. The molecular formula is C21H12BrN3. The second kappa shape index (κ2) is 5.60. The van der Waals surface area contributed by atoms with Crippen LogP contribution in [0.4, 0.5) is 5.69 Å². The maximum absolute atomic E-state index is 4.88. The van der Waals surface area contributed by atoms with Gasteiger partial charge in [0.15, 0.2) is 0 Å². The number of fused-ring (bicyclic) bond motifs is 4. The van der Waals surface area contributed by atoms with Crippen molar-refractivity contribution < 1.29 is 0 Å². The van der Waals surface area contributed by atoms with Crippen molar-refractivity contribution in [1.29, 1.82) is 0 Å². The first-order chi connectivity index (χ1) is 12.3. The molecule has 0 N–H and O–H groups in total. The molecule has 4 aromatic rings. The van der Waals surface area contributed by atoms with E-state index in [0.29, 0.717) is 0 Å². The summed E-state index contributed by atoms with van der Waals surface area (Å²) in [5, 5.41) is 0. The van der Waals surface area contributed by atoms with Gasteiger partial charge < -0.3 is 0 Å². The van der Waals surface area contributed by atoms with Gasteiger partial charge in [-0.1, -0.05) is 52.3 Å². The highest BCUT2D eigenvalue weighted by Gasteiger charge is 2.28. The largest absolute Gasteiger partial charge is 0.246 e. The maximum Gasteiger partial charge on any atom is 0.116 e. The summed E-state index contributed by atoms with van der Waals surface area (Å²) in [6, 6.07) is 24.2. The van der Waals surface area contributed by atoms with Crippen LogP contribution in [-0.2, 0) is 0 Å². The van der Waals surface area contributed by atoms with Gasteiger partial charge in [0.2, 0.25) is 0 Å². The molecule has 118 valence electrons. The van der Waals surface area contributed by atoms with Crippen molar-refractivity contribution in [2.75, 3.05) is 0 Å². The van der Waals surface area contributed by atoms with Gasteiger partial charge in [-0.05, 0) is 36.4 Å². The zero-order valence-corrected chi connectivity index (χ0v) is 14.7. The molecule has 0 fully saturated rings. The molecule has 25 heavy (non-hydrogen) atoms. The fourth-order valence-electron chi connectivity index (χ4n) is 3.13. The lowest BCUT2D eigenvalue weighted by Crippen LogP contribution is -2.01. The average molecular weight is 386 g/mol. The van der Waals surface area contributed by atoms with Crippen LogP contribution in [0.1, 0.15) is 11.3 Å². The van der Waals surface area contributed by atoms with Crippen LogP contribution in [0.2, 0.25) is 0 Å². The van der Waals surface area contributed by atoms with Crippen molar-refractivity contribution in [2.24, 2.45) is 4.99 Å². The Kier molecular flexibility index (Phi) is 3.25. The van der Waals surface area contributed by atoms with Crippen molar-refractivity contribution in [3.05, 3.63) is 88.5 Å². The topological polar surface area (TPSA) is 38.1 Å². The highest BCUT2D eigenvalue weighted by Crippen LogP contribution is 2.36. The van der Waals surface area contributed by atoms with Gasteiger partial charge in [0, 0.05) is 15.6 Å². The molecule has 0 aliphatic heterocycles. The zero-order chi connectivity index (χ0) is 16.8. The Hall–Kier alpha value is -2.85. The van der Waals surface area contributed by atoms with Gasteiger partial charge in [-0.2, -0.15) is 0 Å². The number of hydrogen-bond acceptors (Lipinski definition) is 3. The van der Waals surface area contributed by atoms with Crippen LogP contribution < -0.4 is 0 Å². The van der Waals surface area contributed by atoms with Gasteiger partial charge in [0.25, 0.3) is 0 Å². The van der Waals surface area contributed by atoms with Gasteiger partial charge in [-0.15, -0.1) is 0 Å². The SMILES string of the molecule is Brc1ccc(N=C2c3ccccc3-c3nc4ccccc4nc32)cc1. The smallest absolute Gasteiger partial charge is 0.116 e.